The van der Waals surface area contributed by atoms with Gasteiger partial charge >= 0.3 is 0 Å². The molecule has 7 heteroatoms. The molecule has 3 rings (SSSR count). The molecular weight excluding hydrogens is 368 g/mol. The van der Waals surface area contributed by atoms with Crippen LogP contribution in [0.2, 0.25) is 0 Å². The molecule has 2 heterocycles. The third kappa shape index (κ3) is 6.27. The summed E-state index contributed by atoms with van der Waals surface area (Å²) in [6, 6.07) is 15.1. The van der Waals surface area contributed by atoms with Gasteiger partial charge in [-0.25, -0.2) is 9.98 Å². The number of nitrogens with zero attached hydrogens (tertiary/aromatic N) is 2. The minimum absolute atomic E-state index is 0.496. The lowest BCUT2D eigenvalue weighted by molar-refractivity contribution is 0.319. The first-order valence-corrected chi connectivity index (χ1v) is 9.67. The Kier molecular flexibility index (Phi) is 7.51. The van der Waals surface area contributed by atoms with Gasteiger partial charge in [-0.1, -0.05) is 18.2 Å². The number of aliphatic imine (C=N–C) groups is 1. The van der Waals surface area contributed by atoms with E-state index in [0.717, 1.165) is 23.8 Å². The van der Waals surface area contributed by atoms with Crippen LogP contribution in [0.3, 0.4) is 0 Å². The molecule has 29 heavy (non-hydrogen) atoms. The highest BCUT2D eigenvalue weighted by molar-refractivity contribution is 5.79. The molecule has 0 unspecified atom stereocenters. The molecule has 0 aliphatic rings. The average molecular weight is 394 g/mol. The fraction of sp³-hybridized carbons (Fsp3) is 0.273. The number of rotatable bonds is 9. The van der Waals surface area contributed by atoms with E-state index in [1.165, 1.54) is 0 Å². The number of para-hydroxylation sites is 2. The molecule has 1 aromatic carbocycles. The average Bonchev–Trinajstić information content (AvgIpc) is 3.26. The van der Waals surface area contributed by atoms with Gasteiger partial charge in [-0.3, -0.25) is 0 Å². The number of benzene rings is 1. The van der Waals surface area contributed by atoms with Gasteiger partial charge in [0.2, 0.25) is 5.88 Å². The number of guanidine groups is 1. The highest BCUT2D eigenvalue weighted by atomic mass is 16.5. The van der Waals surface area contributed by atoms with Crippen molar-refractivity contribution in [3.8, 4) is 17.4 Å². The van der Waals surface area contributed by atoms with Gasteiger partial charge in [-0.15, -0.1) is 0 Å². The summed E-state index contributed by atoms with van der Waals surface area (Å²) in [5, 5.41) is 6.46. The Hall–Kier alpha value is -3.48. The number of furan rings is 1. The number of aromatic nitrogens is 1. The largest absolute Gasteiger partial charge is 0.490 e. The number of hydrogen-bond donors (Lipinski definition) is 2. The Morgan fingerprint density at radius 2 is 1.90 bits per heavy atom. The van der Waals surface area contributed by atoms with Crippen LogP contribution in [0.25, 0.3) is 0 Å². The van der Waals surface area contributed by atoms with Crippen molar-refractivity contribution in [1.82, 2.24) is 15.6 Å². The zero-order chi connectivity index (χ0) is 20.3. The second-order valence-electron chi connectivity index (χ2n) is 6.11. The highest BCUT2D eigenvalue weighted by Gasteiger charge is 2.06. The van der Waals surface area contributed by atoms with Crippen LogP contribution in [-0.2, 0) is 13.1 Å². The van der Waals surface area contributed by atoms with Crippen LogP contribution in [0, 0.1) is 0 Å². The lowest BCUT2D eigenvalue weighted by atomic mass is 10.3. The minimum atomic E-state index is 0.496. The van der Waals surface area contributed by atoms with Crippen LogP contribution in [0.1, 0.15) is 25.2 Å². The van der Waals surface area contributed by atoms with Gasteiger partial charge in [0.15, 0.2) is 17.5 Å². The van der Waals surface area contributed by atoms with Gasteiger partial charge in [0.05, 0.1) is 26.0 Å². The molecule has 0 atom stereocenters. The maximum Gasteiger partial charge on any atom is 0.219 e. The maximum absolute atomic E-state index is 5.85. The van der Waals surface area contributed by atoms with E-state index in [0.29, 0.717) is 37.1 Å². The molecule has 0 saturated carbocycles. The number of ether oxygens (including phenoxy) is 2. The van der Waals surface area contributed by atoms with E-state index in [2.05, 4.69) is 20.6 Å². The summed E-state index contributed by atoms with van der Waals surface area (Å²) in [5.74, 6) is 3.42. The third-order valence-corrected chi connectivity index (χ3v) is 3.94. The smallest absolute Gasteiger partial charge is 0.219 e. The molecular formula is C22H26N4O3. The summed E-state index contributed by atoms with van der Waals surface area (Å²) in [6.07, 6.45) is 3.42. The standard InChI is InChI=1S/C22H26N4O3/c1-3-23-22(26-16-18-8-7-13-28-18)25-15-17-11-12-21(24-14-17)29-20-10-6-5-9-19(20)27-4-2/h5-14H,3-4,15-16H2,1-2H3,(H2,23,25,26). The van der Waals surface area contributed by atoms with Gasteiger partial charge < -0.3 is 24.5 Å². The molecule has 152 valence electrons. The number of nitrogens with one attached hydrogen (secondary N) is 2. The van der Waals surface area contributed by atoms with Crippen molar-refractivity contribution < 1.29 is 13.9 Å². The molecule has 3 aromatic rings. The van der Waals surface area contributed by atoms with Crippen molar-refractivity contribution in [2.24, 2.45) is 4.99 Å². The summed E-state index contributed by atoms with van der Waals surface area (Å²) in [5.41, 5.74) is 0.977. The summed E-state index contributed by atoms with van der Waals surface area (Å²) in [7, 11) is 0. The van der Waals surface area contributed by atoms with Crippen molar-refractivity contribution in [1.29, 1.82) is 0 Å². The SMILES string of the molecule is CCNC(=NCc1ccc(Oc2ccccc2OCC)nc1)NCc1ccco1. The summed E-state index contributed by atoms with van der Waals surface area (Å²) in [4.78, 5) is 8.97. The molecule has 0 aliphatic heterocycles. The van der Waals surface area contributed by atoms with Crippen molar-refractivity contribution in [2.75, 3.05) is 13.2 Å². The Bertz CT molecular complexity index is 893. The molecule has 7 nitrogen and oxygen atoms in total. The molecule has 0 saturated heterocycles. The van der Waals surface area contributed by atoms with E-state index in [4.69, 9.17) is 13.9 Å². The van der Waals surface area contributed by atoms with Crippen LogP contribution in [0.4, 0.5) is 0 Å². The minimum Gasteiger partial charge on any atom is -0.490 e. The van der Waals surface area contributed by atoms with Crippen molar-refractivity contribution >= 4 is 5.96 Å². The Morgan fingerprint density at radius 1 is 1.03 bits per heavy atom. The van der Waals surface area contributed by atoms with Crippen LogP contribution in [0.5, 0.6) is 17.4 Å². The number of hydrogen-bond acceptors (Lipinski definition) is 5. The van der Waals surface area contributed by atoms with E-state index in [-0.39, 0.29) is 0 Å². The Balaban J connectivity index is 1.59. The molecule has 0 amide bonds. The van der Waals surface area contributed by atoms with E-state index in [9.17, 15) is 0 Å². The first-order valence-electron chi connectivity index (χ1n) is 9.67. The topological polar surface area (TPSA) is 80.9 Å². The lowest BCUT2D eigenvalue weighted by Gasteiger charge is -2.11. The zero-order valence-electron chi connectivity index (χ0n) is 16.7. The Labute approximate surface area is 170 Å². The summed E-state index contributed by atoms with van der Waals surface area (Å²) < 4.78 is 16.8. The second kappa shape index (κ2) is 10.8. The van der Waals surface area contributed by atoms with E-state index < -0.39 is 0 Å². The van der Waals surface area contributed by atoms with Gasteiger partial charge in [-0.05, 0) is 43.7 Å². The van der Waals surface area contributed by atoms with Crippen LogP contribution < -0.4 is 20.1 Å². The quantitative estimate of drug-likeness (QED) is 0.420. The highest BCUT2D eigenvalue weighted by Crippen LogP contribution is 2.30. The van der Waals surface area contributed by atoms with Gasteiger partial charge in [-0.2, -0.15) is 0 Å². The second-order valence-corrected chi connectivity index (χ2v) is 6.11. The summed E-state index contributed by atoms with van der Waals surface area (Å²) >= 11 is 0. The van der Waals surface area contributed by atoms with Crippen molar-refractivity contribution in [3.05, 3.63) is 72.3 Å². The van der Waals surface area contributed by atoms with Crippen molar-refractivity contribution in [3.63, 3.8) is 0 Å². The zero-order valence-corrected chi connectivity index (χ0v) is 16.7. The fourth-order valence-electron chi connectivity index (χ4n) is 2.58. The molecule has 0 fully saturated rings. The van der Waals surface area contributed by atoms with E-state index in [1.54, 1.807) is 12.5 Å². The van der Waals surface area contributed by atoms with Gasteiger partial charge in [0.1, 0.15) is 5.76 Å². The van der Waals surface area contributed by atoms with Crippen LogP contribution >= 0.6 is 0 Å². The molecule has 0 bridgehead atoms. The molecule has 2 aromatic heterocycles. The Morgan fingerprint density at radius 3 is 2.59 bits per heavy atom. The van der Waals surface area contributed by atoms with E-state index >= 15 is 0 Å². The lowest BCUT2D eigenvalue weighted by Crippen LogP contribution is -2.36. The van der Waals surface area contributed by atoms with Gasteiger partial charge in [0, 0.05) is 18.8 Å². The predicted molar refractivity (Wildman–Crippen MR) is 112 cm³/mol. The van der Waals surface area contributed by atoms with Gasteiger partial charge in [0.25, 0.3) is 0 Å². The van der Waals surface area contributed by atoms with Crippen LogP contribution in [0.15, 0.2) is 70.4 Å². The first-order chi connectivity index (χ1) is 14.3. The molecule has 2 N–H and O–H groups in total. The summed E-state index contributed by atoms with van der Waals surface area (Å²) in [6.45, 7) is 6.38. The molecule has 0 spiro atoms. The number of pyridine rings is 1. The normalized spacial score (nSPS) is 11.2. The maximum atomic E-state index is 5.85. The molecule has 0 radical (unpaired) electrons. The molecule has 0 aliphatic carbocycles. The predicted octanol–water partition coefficient (Wildman–Crippen LogP) is 4.12. The van der Waals surface area contributed by atoms with E-state index in [1.807, 2.05) is 62.4 Å². The fourth-order valence-corrected chi connectivity index (χ4v) is 2.58. The monoisotopic (exact) mass is 394 g/mol. The van der Waals surface area contributed by atoms with Crippen molar-refractivity contribution in [2.45, 2.75) is 26.9 Å². The first kappa shape index (κ1) is 20.3. The third-order valence-electron chi connectivity index (χ3n) is 3.94. The van der Waals surface area contributed by atoms with Crippen LogP contribution in [-0.4, -0.2) is 24.1 Å².